The summed E-state index contributed by atoms with van der Waals surface area (Å²) in [5, 5.41) is 0.381. The molecule has 0 unspecified atom stereocenters. The summed E-state index contributed by atoms with van der Waals surface area (Å²) < 4.78 is 19.5. The number of nitrogens with zero attached hydrogens (tertiary/aromatic N) is 3. The number of methoxy groups -OCH3 is 1. The summed E-state index contributed by atoms with van der Waals surface area (Å²) in [6.45, 7) is 0.910. The van der Waals surface area contributed by atoms with Crippen LogP contribution in [0, 0.1) is 5.82 Å². The zero-order chi connectivity index (χ0) is 20.3. The molecule has 0 spiro atoms. The van der Waals surface area contributed by atoms with E-state index < -0.39 is 11.8 Å². The second-order valence-electron chi connectivity index (χ2n) is 6.38. The van der Waals surface area contributed by atoms with Gasteiger partial charge in [-0.15, -0.1) is 12.4 Å². The summed E-state index contributed by atoms with van der Waals surface area (Å²) in [5.41, 5.74) is 0.622. The van der Waals surface area contributed by atoms with E-state index in [0.717, 1.165) is 0 Å². The fourth-order valence-electron chi connectivity index (χ4n) is 2.71. The summed E-state index contributed by atoms with van der Waals surface area (Å²) in [7, 11) is 5.05. The lowest BCUT2D eigenvalue weighted by molar-refractivity contribution is 0.0597. The molecule has 29 heavy (non-hydrogen) atoms. The fourth-order valence-corrected chi connectivity index (χ4v) is 3.71. The largest absolute Gasteiger partial charge is 0.465 e. The normalized spacial score (nSPS) is 10.7. The molecule has 3 rings (SSSR count). The van der Waals surface area contributed by atoms with Crippen molar-refractivity contribution in [1.82, 2.24) is 9.88 Å². The van der Waals surface area contributed by atoms with Crippen molar-refractivity contribution < 1.29 is 18.7 Å². The fraction of sp³-hybridized carbons (Fsp3) is 0.250. The van der Waals surface area contributed by atoms with Gasteiger partial charge in [-0.1, -0.05) is 29.5 Å². The molecule has 3 aromatic rings. The Morgan fingerprint density at radius 1 is 1.07 bits per heavy atom. The minimum Gasteiger partial charge on any atom is -0.465 e. The van der Waals surface area contributed by atoms with Gasteiger partial charge in [0.1, 0.15) is 11.3 Å². The molecule has 2 aromatic carbocycles. The van der Waals surface area contributed by atoms with Crippen LogP contribution in [0.3, 0.4) is 0 Å². The number of hydrogen-bond donors (Lipinski definition) is 0. The van der Waals surface area contributed by atoms with Crippen molar-refractivity contribution >= 4 is 51.0 Å². The smallest absolute Gasteiger partial charge is 0.338 e. The third-order valence-corrected chi connectivity index (χ3v) is 5.21. The average Bonchev–Trinajstić information content (AvgIpc) is 3.12. The standard InChI is InChI=1S/C20H20FN3O3S.ClH/c1-23(2)11-12-24(20-22-17-15(21)9-6-10-16(17)28-20)18(25)13-7-4-5-8-14(13)19(26)27-3;/h4-10H,11-12H2,1-3H3;1H. The van der Waals surface area contributed by atoms with Crippen molar-refractivity contribution in [1.29, 1.82) is 0 Å². The van der Waals surface area contributed by atoms with Gasteiger partial charge in [-0.25, -0.2) is 14.2 Å². The minimum atomic E-state index is -0.591. The number of hydrogen-bond acceptors (Lipinski definition) is 6. The van der Waals surface area contributed by atoms with Gasteiger partial charge >= 0.3 is 5.97 Å². The molecule has 0 atom stereocenters. The Bertz CT molecular complexity index is 1030. The number of anilines is 1. The molecule has 1 amide bonds. The molecular weight excluding hydrogens is 417 g/mol. The van der Waals surface area contributed by atoms with Gasteiger partial charge in [-0.2, -0.15) is 0 Å². The van der Waals surface area contributed by atoms with Crippen molar-refractivity contribution in [3.63, 3.8) is 0 Å². The first-order valence-electron chi connectivity index (χ1n) is 8.61. The van der Waals surface area contributed by atoms with E-state index in [1.54, 1.807) is 36.4 Å². The van der Waals surface area contributed by atoms with Crippen LogP contribution >= 0.6 is 23.7 Å². The highest BCUT2D eigenvalue weighted by Crippen LogP contribution is 2.31. The van der Waals surface area contributed by atoms with Crippen molar-refractivity contribution in [2.24, 2.45) is 0 Å². The number of benzene rings is 2. The molecule has 0 aliphatic carbocycles. The SMILES string of the molecule is COC(=O)c1ccccc1C(=O)N(CCN(C)C)c1nc2c(F)cccc2s1.Cl. The van der Waals surface area contributed by atoms with Gasteiger partial charge in [0, 0.05) is 13.1 Å². The second-order valence-corrected chi connectivity index (χ2v) is 7.39. The first-order chi connectivity index (χ1) is 13.4. The number of esters is 1. The van der Waals surface area contributed by atoms with Crippen molar-refractivity contribution in [2.75, 3.05) is 39.2 Å². The molecule has 0 radical (unpaired) electrons. The summed E-state index contributed by atoms with van der Waals surface area (Å²) >= 11 is 1.23. The van der Waals surface area contributed by atoms with Crippen LogP contribution in [-0.4, -0.2) is 56.1 Å². The summed E-state index contributed by atoms with van der Waals surface area (Å²) in [5.74, 6) is -1.41. The lowest BCUT2D eigenvalue weighted by Crippen LogP contribution is -2.37. The molecule has 0 saturated heterocycles. The number of carbonyl (C=O) groups excluding carboxylic acids is 2. The lowest BCUT2D eigenvalue weighted by atomic mass is 10.1. The van der Waals surface area contributed by atoms with E-state index >= 15 is 0 Å². The van der Waals surface area contributed by atoms with E-state index in [-0.39, 0.29) is 35.0 Å². The molecule has 9 heteroatoms. The first-order valence-corrected chi connectivity index (χ1v) is 9.43. The Morgan fingerprint density at radius 3 is 2.38 bits per heavy atom. The molecule has 6 nitrogen and oxygen atoms in total. The first kappa shape index (κ1) is 22.7. The zero-order valence-electron chi connectivity index (χ0n) is 16.2. The summed E-state index contributed by atoms with van der Waals surface area (Å²) in [6.07, 6.45) is 0. The van der Waals surface area contributed by atoms with E-state index in [2.05, 4.69) is 4.98 Å². The maximum Gasteiger partial charge on any atom is 0.338 e. The van der Waals surface area contributed by atoms with Gasteiger partial charge < -0.3 is 9.64 Å². The Balaban J connectivity index is 0.00000300. The number of halogens is 2. The highest BCUT2D eigenvalue weighted by atomic mass is 35.5. The number of likely N-dealkylation sites (N-methyl/N-ethyl adjacent to an activating group) is 1. The number of para-hydroxylation sites is 1. The summed E-state index contributed by atoms with van der Waals surface area (Å²) in [4.78, 5) is 33.2. The van der Waals surface area contributed by atoms with Crippen LogP contribution in [-0.2, 0) is 4.74 Å². The third kappa shape index (κ3) is 4.90. The average molecular weight is 438 g/mol. The molecule has 1 aromatic heterocycles. The number of thiazole rings is 1. The van der Waals surface area contributed by atoms with E-state index in [9.17, 15) is 14.0 Å². The van der Waals surface area contributed by atoms with Crippen LogP contribution in [0.4, 0.5) is 9.52 Å². The van der Waals surface area contributed by atoms with E-state index in [4.69, 9.17) is 4.74 Å². The van der Waals surface area contributed by atoms with Crippen LogP contribution < -0.4 is 4.90 Å². The molecular formula is C20H21ClFN3O3S. The van der Waals surface area contributed by atoms with Crippen LogP contribution in [0.2, 0.25) is 0 Å². The van der Waals surface area contributed by atoms with Gasteiger partial charge in [0.15, 0.2) is 5.13 Å². The van der Waals surface area contributed by atoms with Crippen LogP contribution in [0.5, 0.6) is 0 Å². The van der Waals surface area contributed by atoms with E-state index in [1.165, 1.54) is 29.4 Å². The number of carbonyl (C=O) groups is 2. The highest BCUT2D eigenvalue weighted by Gasteiger charge is 2.26. The monoisotopic (exact) mass is 437 g/mol. The molecule has 0 saturated carbocycles. The Labute approximate surface area is 178 Å². The predicted molar refractivity (Wildman–Crippen MR) is 115 cm³/mol. The number of rotatable bonds is 6. The molecule has 1 heterocycles. The van der Waals surface area contributed by atoms with Gasteiger partial charge in [0.25, 0.3) is 5.91 Å². The Morgan fingerprint density at radius 2 is 1.76 bits per heavy atom. The van der Waals surface area contributed by atoms with Crippen molar-refractivity contribution in [3.8, 4) is 0 Å². The van der Waals surface area contributed by atoms with Gasteiger partial charge in [0.2, 0.25) is 0 Å². The Hall–Kier alpha value is -2.55. The lowest BCUT2D eigenvalue weighted by Gasteiger charge is -2.22. The molecule has 0 fully saturated rings. The minimum absolute atomic E-state index is 0. The summed E-state index contributed by atoms with van der Waals surface area (Å²) in [6, 6.07) is 11.2. The molecule has 0 aliphatic heterocycles. The third-order valence-electron chi connectivity index (χ3n) is 4.17. The molecule has 154 valence electrons. The van der Waals surface area contributed by atoms with Crippen LogP contribution in [0.1, 0.15) is 20.7 Å². The quantitative estimate of drug-likeness (QED) is 0.548. The van der Waals surface area contributed by atoms with Crippen LogP contribution in [0.15, 0.2) is 42.5 Å². The highest BCUT2D eigenvalue weighted by molar-refractivity contribution is 7.22. The number of ether oxygens (including phenoxy) is 1. The van der Waals surface area contributed by atoms with Crippen LogP contribution in [0.25, 0.3) is 10.2 Å². The van der Waals surface area contributed by atoms with E-state index in [0.29, 0.717) is 22.9 Å². The zero-order valence-corrected chi connectivity index (χ0v) is 17.8. The molecule has 0 N–H and O–H groups in total. The number of aromatic nitrogens is 1. The second kappa shape index (κ2) is 9.78. The molecule has 0 bridgehead atoms. The molecule has 0 aliphatic rings. The van der Waals surface area contributed by atoms with E-state index in [1.807, 2.05) is 19.0 Å². The van der Waals surface area contributed by atoms with Gasteiger partial charge in [0.05, 0.1) is 22.9 Å². The maximum absolute atomic E-state index is 14.1. The topological polar surface area (TPSA) is 62.7 Å². The number of fused-ring (bicyclic) bond motifs is 1. The van der Waals surface area contributed by atoms with Gasteiger partial charge in [-0.05, 0) is 38.4 Å². The van der Waals surface area contributed by atoms with Gasteiger partial charge in [-0.3, -0.25) is 9.69 Å². The van der Waals surface area contributed by atoms with Crippen molar-refractivity contribution in [3.05, 3.63) is 59.4 Å². The van der Waals surface area contributed by atoms with Crippen molar-refractivity contribution in [2.45, 2.75) is 0 Å². The number of amides is 1. The Kier molecular flexibility index (Phi) is 7.66. The predicted octanol–water partition coefficient (Wildman–Crippen LogP) is 3.85. The maximum atomic E-state index is 14.1.